The number of nitrogens with two attached hydrogens (primary N) is 1. The smallest absolute Gasteiger partial charge is 0.0602 e. The standard InChI is InChI=1S/C12H18N2S/c1-2-14(10-7-8-15-9-10)12-6-4-3-5-11(12)13/h3-6,10H,2,7-9,13H2,1H3/t10-/m1/s1. The quantitative estimate of drug-likeness (QED) is 0.797. The van der Waals surface area contributed by atoms with Crippen LogP contribution >= 0.6 is 11.8 Å². The predicted molar refractivity (Wildman–Crippen MR) is 69.6 cm³/mol. The summed E-state index contributed by atoms with van der Waals surface area (Å²) in [4.78, 5) is 2.44. The zero-order chi connectivity index (χ0) is 10.7. The Morgan fingerprint density at radius 3 is 2.87 bits per heavy atom. The number of benzene rings is 1. The minimum absolute atomic E-state index is 0.671. The third-order valence-electron chi connectivity index (χ3n) is 2.93. The van der Waals surface area contributed by atoms with Crippen LogP contribution in [-0.2, 0) is 0 Å². The molecule has 2 rings (SSSR count). The average Bonchev–Trinajstić information content (AvgIpc) is 2.75. The van der Waals surface area contributed by atoms with Crippen molar-refractivity contribution in [2.45, 2.75) is 19.4 Å². The lowest BCUT2D eigenvalue weighted by Gasteiger charge is -2.30. The Bertz CT molecular complexity index is 321. The second-order valence-electron chi connectivity index (χ2n) is 3.86. The summed E-state index contributed by atoms with van der Waals surface area (Å²) in [5.74, 6) is 2.52. The van der Waals surface area contributed by atoms with Gasteiger partial charge in [-0.1, -0.05) is 12.1 Å². The molecule has 0 bridgehead atoms. The number of nitrogens with zero attached hydrogens (tertiary/aromatic N) is 1. The van der Waals surface area contributed by atoms with Crippen molar-refractivity contribution in [3.63, 3.8) is 0 Å². The van der Waals surface area contributed by atoms with E-state index in [1.54, 1.807) is 0 Å². The summed E-state index contributed by atoms with van der Waals surface area (Å²) in [5, 5.41) is 0. The van der Waals surface area contributed by atoms with Crippen molar-refractivity contribution in [3.8, 4) is 0 Å². The molecule has 3 heteroatoms. The number of thioether (sulfide) groups is 1. The zero-order valence-corrected chi connectivity index (χ0v) is 9.96. The fraction of sp³-hybridized carbons (Fsp3) is 0.500. The van der Waals surface area contributed by atoms with Crippen molar-refractivity contribution in [3.05, 3.63) is 24.3 Å². The Morgan fingerprint density at radius 1 is 1.47 bits per heavy atom. The molecule has 0 amide bonds. The van der Waals surface area contributed by atoms with Gasteiger partial charge in [0.2, 0.25) is 0 Å². The molecule has 1 heterocycles. The van der Waals surface area contributed by atoms with Gasteiger partial charge in [0, 0.05) is 18.3 Å². The highest BCUT2D eigenvalue weighted by atomic mass is 32.2. The molecule has 1 aliphatic heterocycles. The number of anilines is 2. The minimum Gasteiger partial charge on any atom is -0.397 e. The van der Waals surface area contributed by atoms with E-state index in [-0.39, 0.29) is 0 Å². The lowest BCUT2D eigenvalue weighted by atomic mass is 10.1. The number of hydrogen-bond donors (Lipinski definition) is 1. The largest absolute Gasteiger partial charge is 0.397 e. The maximum absolute atomic E-state index is 6.02. The third kappa shape index (κ3) is 2.23. The van der Waals surface area contributed by atoms with Gasteiger partial charge in [-0.3, -0.25) is 0 Å². The van der Waals surface area contributed by atoms with Gasteiger partial charge >= 0.3 is 0 Å². The molecule has 0 spiro atoms. The fourth-order valence-corrected chi connectivity index (χ4v) is 3.37. The van der Waals surface area contributed by atoms with Crippen molar-refractivity contribution in [2.75, 3.05) is 28.7 Å². The Balaban J connectivity index is 2.22. The maximum atomic E-state index is 6.02. The van der Waals surface area contributed by atoms with Gasteiger partial charge in [-0.25, -0.2) is 0 Å². The first-order chi connectivity index (χ1) is 7.33. The number of para-hydroxylation sites is 2. The summed E-state index contributed by atoms with van der Waals surface area (Å²) in [7, 11) is 0. The molecule has 1 aromatic rings. The maximum Gasteiger partial charge on any atom is 0.0602 e. The third-order valence-corrected chi connectivity index (χ3v) is 4.08. The molecular weight excluding hydrogens is 204 g/mol. The Morgan fingerprint density at radius 2 is 2.27 bits per heavy atom. The van der Waals surface area contributed by atoms with Gasteiger partial charge in [0.05, 0.1) is 11.4 Å². The van der Waals surface area contributed by atoms with Crippen LogP contribution in [0, 0.1) is 0 Å². The van der Waals surface area contributed by atoms with Gasteiger partial charge in [0.15, 0.2) is 0 Å². The molecule has 0 unspecified atom stereocenters. The predicted octanol–water partition coefficient (Wildman–Crippen LogP) is 2.60. The Kier molecular flexibility index (Phi) is 3.41. The normalized spacial score (nSPS) is 20.5. The Hall–Kier alpha value is -0.830. The van der Waals surface area contributed by atoms with Crippen LogP contribution in [0.5, 0.6) is 0 Å². The van der Waals surface area contributed by atoms with Crippen molar-refractivity contribution < 1.29 is 0 Å². The molecule has 1 aliphatic rings. The molecule has 2 nitrogen and oxygen atoms in total. The van der Waals surface area contributed by atoms with Crippen LogP contribution in [-0.4, -0.2) is 24.1 Å². The monoisotopic (exact) mass is 222 g/mol. The minimum atomic E-state index is 0.671. The number of rotatable bonds is 3. The molecule has 1 saturated heterocycles. The molecule has 1 atom stereocenters. The van der Waals surface area contributed by atoms with Crippen LogP contribution in [0.15, 0.2) is 24.3 Å². The zero-order valence-electron chi connectivity index (χ0n) is 9.15. The molecule has 1 fully saturated rings. The SMILES string of the molecule is CCN(c1ccccc1N)[C@@H]1CCSC1. The van der Waals surface area contributed by atoms with Crippen LogP contribution < -0.4 is 10.6 Å². The van der Waals surface area contributed by atoms with E-state index in [4.69, 9.17) is 5.73 Å². The lowest BCUT2D eigenvalue weighted by molar-refractivity contribution is 0.661. The molecule has 1 aromatic carbocycles. The van der Waals surface area contributed by atoms with Crippen LogP contribution in [0.25, 0.3) is 0 Å². The number of nitrogen functional groups attached to an aromatic ring is 1. The van der Waals surface area contributed by atoms with Crippen molar-refractivity contribution >= 4 is 23.1 Å². The van der Waals surface area contributed by atoms with Gasteiger partial charge in [-0.05, 0) is 31.2 Å². The topological polar surface area (TPSA) is 29.3 Å². The van der Waals surface area contributed by atoms with Crippen molar-refractivity contribution in [1.29, 1.82) is 0 Å². The second-order valence-corrected chi connectivity index (χ2v) is 5.01. The van der Waals surface area contributed by atoms with Crippen molar-refractivity contribution in [2.24, 2.45) is 0 Å². The van der Waals surface area contributed by atoms with Gasteiger partial charge < -0.3 is 10.6 Å². The van der Waals surface area contributed by atoms with Gasteiger partial charge in [0.1, 0.15) is 0 Å². The first-order valence-electron chi connectivity index (χ1n) is 5.52. The summed E-state index contributed by atoms with van der Waals surface area (Å²) < 4.78 is 0. The van der Waals surface area contributed by atoms with E-state index >= 15 is 0 Å². The molecule has 0 aliphatic carbocycles. The molecule has 0 radical (unpaired) electrons. The Labute approximate surface area is 95.8 Å². The van der Waals surface area contributed by atoms with E-state index in [0.717, 1.165) is 12.2 Å². The lowest BCUT2D eigenvalue weighted by Crippen LogP contribution is -2.35. The molecule has 0 aromatic heterocycles. The first-order valence-corrected chi connectivity index (χ1v) is 6.67. The van der Waals surface area contributed by atoms with Crippen LogP contribution in [0.4, 0.5) is 11.4 Å². The van der Waals surface area contributed by atoms with Gasteiger partial charge in [-0.15, -0.1) is 0 Å². The highest BCUT2D eigenvalue weighted by molar-refractivity contribution is 7.99. The second kappa shape index (κ2) is 4.79. The molecule has 2 N–H and O–H groups in total. The van der Waals surface area contributed by atoms with Gasteiger partial charge in [0.25, 0.3) is 0 Å². The summed E-state index contributed by atoms with van der Waals surface area (Å²) >= 11 is 2.04. The first kappa shape index (κ1) is 10.7. The van der Waals surface area contributed by atoms with E-state index in [1.807, 2.05) is 23.9 Å². The van der Waals surface area contributed by atoms with Crippen LogP contribution in [0.3, 0.4) is 0 Å². The van der Waals surface area contributed by atoms with E-state index in [1.165, 1.54) is 23.6 Å². The molecular formula is C12H18N2S. The van der Waals surface area contributed by atoms with E-state index < -0.39 is 0 Å². The summed E-state index contributed by atoms with van der Waals surface area (Å²) in [6.45, 7) is 3.24. The highest BCUT2D eigenvalue weighted by Gasteiger charge is 2.22. The van der Waals surface area contributed by atoms with Crippen molar-refractivity contribution in [1.82, 2.24) is 0 Å². The van der Waals surface area contributed by atoms with E-state index in [2.05, 4.69) is 24.0 Å². The summed E-state index contributed by atoms with van der Waals surface area (Å²) in [6, 6.07) is 8.85. The summed E-state index contributed by atoms with van der Waals surface area (Å²) in [6.07, 6.45) is 1.28. The molecule has 0 saturated carbocycles. The van der Waals surface area contributed by atoms with Crippen LogP contribution in [0.1, 0.15) is 13.3 Å². The van der Waals surface area contributed by atoms with E-state index in [0.29, 0.717) is 6.04 Å². The highest BCUT2D eigenvalue weighted by Crippen LogP contribution is 2.30. The van der Waals surface area contributed by atoms with Gasteiger partial charge in [-0.2, -0.15) is 11.8 Å². The van der Waals surface area contributed by atoms with E-state index in [9.17, 15) is 0 Å². The molecule has 15 heavy (non-hydrogen) atoms. The van der Waals surface area contributed by atoms with Crippen LogP contribution in [0.2, 0.25) is 0 Å². The fourth-order valence-electron chi connectivity index (χ4n) is 2.14. The average molecular weight is 222 g/mol. The number of hydrogen-bond acceptors (Lipinski definition) is 3. The summed E-state index contributed by atoms with van der Waals surface area (Å²) in [5.41, 5.74) is 8.12. The molecule has 82 valence electrons.